The van der Waals surface area contributed by atoms with E-state index in [-0.39, 0.29) is 12.6 Å². The highest BCUT2D eigenvalue weighted by Crippen LogP contribution is 2.11. The van der Waals surface area contributed by atoms with Crippen molar-refractivity contribution < 1.29 is 14.7 Å². The zero-order valence-electron chi connectivity index (χ0n) is 11.7. The Morgan fingerprint density at radius 1 is 1.33 bits per heavy atom. The van der Waals surface area contributed by atoms with Crippen LogP contribution in [-0.2, 0) is 4.79 Å². The van der Waals surface area contributed by atoms with E-state index in [0.29, 0.717) is 25.4 Å². The molecule has 0 bridgehead atoms. The molecule has 0 aromatic heterocycles. The molecule has 0 aromatic carbocycles. The van der Waals surface area contributed by atoms with Crippen molar-refractivity contribution in [1.29, 1.82) is 0 Å². The van der Waals surface area contributed by atoms with Crippen LogP contribution in [0.2, 0.25) is 0 Å². The van der Waals surface area contributed by atoms with E-state index < -0.39 is 11.9 Å². The van der Waals surface area contributed by atoms with E-state index in [1.807, 2.05) is 20.9 Å². The first kappa shape index (κ1) is 16.7. The van der Waals surface area contributed by atoms with Gasteiger partial charge in [0.25, 0.3) is 0 Å². The summed E-state index contributed by atoms with van der Waals surface area (Å²) in [6, 6.07) is -0.236. The van der Waals surface area contributed by atoms with Gasteiger partial charge in [-0.05, 0) is 19.4 Å². The number of carbonyl (C=O) groups is 2. The largest absolute Gasteiger partial charge is 0.481 e. The minimum atomic E-state index is -0.859. The van der Waals surface area contributed by atoms with Crippen LogP contribution < -0.4 is 10.6 Å². The van der Waals surface area contributed by atoms with Crippen LogP contribution in [0.1, 0.15) is 20.3 Å². The Hall–Kier alpha value is -1.30. The van der Waals surface area contributed by atoms with Gasteiger partial charge in [0.2, 0.25) is 0 Å². The third kappa shape index (κ3) is 7.11. The fourth-order valence-corrected chi connectivity index (χ4v) is 1.57. The van der Waals surface area contributed by atoms with Gasteiger partial charge in [0, 0.05) is 26.7 Å². The van der Waals surface area contributed by atoms with Crippen molar-refractivity contribution in [2.24, 2.45) is 11.8 Å². The van der Waals surface area contributed by atoms with Gasteiger partial charge >= 0.3 is 12.0 Å². The first-order valence-corrected chi connectivity index (χ1v) is 6.24. The highest BCUT2D eigenvalue weighted by atomic mass is 16.4. The molecule has 0 fully saturated rings. The van der Waals surface area contributed by atoms with Crippen molar-refractivity contribution >= 4 is 12.0 Å². The van der Waals surface area contributed by atoms with E-state index in [9.17, 15) is 9.59 Å². The number of carbonyl (C=O) groups excluding carboxylic acids is 1. The van der Waals surface area contributed by atoms with Crippen molar-refractivity contribution in [3.8, 4) is 0 Å². The summed E-state index contributed by atoms with van der Waals surface area (Å²) in [5, 5.41) is 14.6. The maximum absolute atomic E-state index is 11.7. The summed E-state index contributed by atoms with van der Waals surface area (Å²) in [5.74, 6) is -1.08. The number of carboxylic acid groups (broad SMARTS) is 1. The standard InChI is InChI=1S/C12H25N3O3/c1-9(2)7-10(11(16)17)8-14-12(18)15(4)6-5-13-3/h9-10,13H,5-8H2,1-4H3,(H,14,18)(H,16,17). The number of hydrogen-bond donors (Lipinski definition) is 3. The molecule has 0 spiro atoms. The number of nitrogens with one attached hydrogen (secondary N) is 2. The fourth-order valence-electron chi connectivity index (χ4n) is 1.57. The van der Waals surface area contributed by atoms with Crippen LogP contribution in [0.4, 0.5) is 4.79 Å². The van der Waals surface area contributed by atoms with Crippen LogP contribution in [0.3, 0.4) is 0 Å². The van der Waals surface area contributed by atoms with Crippen LogP contribution in [0.15, 0.2) is 0 Å². The van der Waals surface area contributed by atoms with Gasteiger partial charge in [-0.2, -0.15) is 0 Å². The van der Waals surface area contributed by atoms with Gasteiger partial charge in [-0.3, -0.25) is 4.79 Å². The Balaban J connectivity index is 4.10. The molecule has 0 aliphatic rings. The molecular formula is C12H25N3O3. The van der Waals surface area contributed by atoms with Crippen molar-refractivity contribution in [3.05, 3.63) is 0 Å². The number of aliphatic carboxylic acids is 1. The van der Waals surface area contributed by atoms with Gasteiger partial charge in [0.15, 0.2) is 0 Å². The second kappa shape index (κ2) is 8.74. The lowest BCUT2D eigenvalue weighted by Gasteiger charge is -2.20. The summed E-state index contributed by atoms with van der Waals surface area (Å²) in [6.45, 7) is 5.41. The summed E-state index contributed by atoms with van der Waals surface area (Å²) in [6.07, 6.45) is 0.565. The monoisotopic (exact) mass is 259 g/mol. The lowest BCUT2D eigenvalue weighted by Crippen LogP contribution is -2.43. The molecule has 2 amide bonds. The molecule has 0 saturated heterocycles. The Morgan fingerprint density at radius 2 is 1.94 bits per heavy atom. The topological polar surface area (TPSA) is 81.7 Å². The third-order valence-electron chi connectivity index (χ3n) is 2.65. The zero-order chi connectivity index (χ0) is 14.1. The summed E-state index contributed by atoms with van der Waals surface area (Å²) < 4.78 is 0. The van der Waals surface area contributed by atoms with E-state index in [0.717, 1.165) is 0 Å². The molecule has 6 nitrogen and oxygen atoms in total. The Bertz CT molecular complexity index is 269. The minimum absolute atomic E-state index is 0.177. The van der Waals surface area contributed by atoms with Crippen molar-refractivity contribution in [2.75, 3.05) is 33.7 Å². The number of rotatable bonds is 8. The van der Waals surface area contributed by atoms with E-state index >= 15 is 0 Å². The summed E-state index contributed by atoms with van der Waals surface area (Å²) in [5.41, 5.74) is 0. The smallest absolute Gasteiger partial charge is 0.317 e. The molecule has 0 saturated carbocycles. The molecule has 3 N–H and O–H groups in total. The normalized spacial score (nSPS) is 12.3. The average Bonchev–Trinajstić information content (AvgIpc) is 2.30. The van der Waals surface area contributed by atoms with Gasteiger partial charge in [0.05, 0.1) is 5.92 Å². The minimum Gasteiger partial charge on any atom is -0.481 e. The van der Waals surface area contributed by atoms with Gasteiger partial charge in [-0.25, -0.2) is 4.79 Å². The predicted octanol–water partition coefficient (Wildman–Crippen LogP) is 0.594. The number of carboxylic acids is 1. The number of urea groups is 1. The van der Waals surface area contributed by atoms with Gasteiger partial charge in [0.1, 0.15) is 0 Å². The quantitative estimate of drug-likeness (QED) is 0.596. The summed E-state index contributed by atoms with van der Waals surface area (Å²) in [4.78, 5) is 24.2. The molecule has 0 heterocycles. The molecule has 18 heavy (non-hydrogen) atoms. The lowest BCUT2D eigenvalue weighted by atomic mass is 9.97. The first-order valence-electron chi connectivity index (χ1n) is 6.24. The molecule has 0 rings (SSSR count). The van der Waals surface area contributed by atoms with Crippen LogP contribution in [0.25, 0.3) is 0 Å². The van der Waals surface area contributed by atoms with E-state index in [1.54, 1.807) is 7.05 Å². The fraction of sp³-hybridized carbons (Fsp3) is 0.833. The molecule has 106 valence electrons. The Kier molecular flexibility index (Phi) is 8.11. The van der Waals surface area contributed by atoms with Gasteiger partial charge in [-0.15, -0.1) is 0 Å². The molecule has 0 aromatic rings. The van der Waals surface area contributed by atoms with E-state index in [2.05, 4.69) is 10.6 Å². The second-order valence-corrected chi connectivity index (χ2v) is 4.88. The average molecular weight is 259 g/mol. The highest BCUT2D eigenvalue weighted by molar-refractivity contribution is 5.75. The van der Waals surface area contributed by atoms with Gasteiger partial charge < -0.3 is 20.6 Å². The molecule has 1 unspecified atom stereocenters. The predicted molar refractivity (Wildman–Crippen MR) is 70.5 cm³/mol. The third-order valence-corrected chi connectivity index (χ3v) is 2.65. The SMILES string of the molecule is CNCCN(C)C(=O)NCC(CC(C)C)C(=O)O. The van der Waals surface area contributed by atoms with Crippen LogP contribution in [-0.4, -0.2) is 55.7 Å². The molecule has 0 aliphatic carbocycles. The maximum atomic E-state index is 11.7. The first-order chi connectivity index (χ1) is 8.38. The number of amides is 2. The van der Waals surface area contributed by atoms with Crippen LogP contribution in [0.5, 0.6) is 0 Å². The number of hydrogen-bond acceptors (Lipinski definition) is 3. The maximum Gasteiger partial charge on any atom is 0.317 e. The molecule has 0 aliphatic heterocycles. The lowest BCUT2D eigenvalue weighted by molar-refractivity contribution is -0.142. The van der Waals surface area contributed by atoms with Crippen molar-refractivity contribution in [2.45, 2.75) is 20.3 Å². The zero-order valence-corrected chi connectivity index (χ0v) is 11.7. The summed E-state index contributed by atoms with van der Waals surface area (Å²) in [7, 11) is 3.50. The van der Waals surface area contributed by atoms with Crippen molar-refractivity contribution in [3.63, 3.8) is 0 Å². The Labute approximate surface area is 109 Å². The Morgan fingerprint density at radius 3 is 2.39 bits per heavy atom. The highest BCUT2D eigenvalue weighted by Gasteiger charge is 2.20. The van der Waals surface area contributed by atoms with Gasteiger partial charge in [-0.1, -0.05) is 13.8 Å². The van der Waals surface area contributed by atoms with Crippen LogP contribution >= 0.6 is 0 Å². The van der Waals surface area contributed by atoms with Crippen LogP contribution in [0, 0.1) is 11.8 Å². The number of likely N-dealkylation sites (N-methyl/N-ethyl adjacent to an activating group) is 2. The molecule has 1 atom stereocenters. The molecule has 6 heteroatoms. The second-order valence-electron chi connectivity index (χ2n) is 4.88. The molecule has 0 radical (unpaired) electrons. The molecular weight excluding hydrogens is 234 g/mol. The van der Waals surface area contributed by atoms with Crippen molar-refractivity contribution in [1.82, 2.24) is 15.5 Å². The number of nitrogens with zero attached hydrogens (tertiary/aromatic N) is 1. The van der Waals surface area contributed by atoms with E-state index in [4.69, 9.17) is 5.11 Å². The van der Waals surface area contributed by atoms with E-state index in [1.165, 1.54) is 4.90 Å². The summed E-state index contributed by atoms with van der Waals surface area (Å²) >= 11 is 0.